The molecule has 1 aromatic carbocycles. The van der Waals surface area contributed by atoms with Gasteiger partial charge in [-0.15, -0.1) is 0 Å². The molecular formula is C16H19BrN4O3. The van der Waals surface area contributed by atoms with E-state index in [0.29, 0.717) is 4.47 Å². The maximum absolute atomic E-state index is 12.2. The molecule has 24 heavy (non-hydrogen) atoms. The predicted molar refractivity (Wildman–Crippen MR) is 93.6 cm³/mol. The van der Waals surface area contributed by atoms with Crippen molar-refractivity contribution >= 4 is 27.7 Å². The summed E-state index contributed by atoms with van der Waals surface area (Å²) in [5, 5.41) is 17.6. The van der Waals surface area contributed by atoms with Gasteiger partial charge >= 0.3 is 5.82 Å². The predicted octanol–water partition coefficient (Wildman–Crippen LogP) is 3.52. The van der Waals surface area contributed by atoms with Crippen LogP contribution in [-0.4, -0.2) is 20.6 Å². The van der Waals surface area contributed by atoms with Crippen molar-refractivity contribution in [3.05, 3.63) is 56.2 Å². The number of halogens is 1. The van der Waals surface area contributed by atoms with E-state index < -0.39 is 4.92 Å². The van der Waals surface area contributed by atoms with Crippen LogP contribution in [0.25, 0.3) is 0 Å². The van der Waals surface area contributed by atoms with Crippen LogP contribution in [0.2, 0.25) is 0 Å². The van der Waals surface area contributed by atoms with Crippen molar-refractivity contribution in [1.82, 2.24) is 15.1 Å². The van der Waals surface area contributed by atoms with Crippen molar-refractivity contribution in [2.45, 2.75) is 39.3 Å². The Morgan fingerprint density at radius 2 is 2.08 bits per heavy atom. The van der Waals surface area contributed by atoms with Crippen molar-refractivity contribution in [3.8, 4) is 0 Å². The average Bonchev–Trinajstić information content (AvgIpc) is 2.93. The van der Waals surface area contributed by atoms with Crippen molar-refractivity contribution in [3.63, 3.8) is 0 Å². The first kappa shape index (κ1) is 18.1. The van der Waals surface area contributed by atoms with E-state index in [-0.39, 0.29) is 30.7 Å². The van der Waals surface area contributed by atoms with Crippen LogP contribution < -0.4 is 5.32 Å². The number of hydrogen-bond donors (Lipinski definition) is 1. The van der Waals surface area contributed by atoms with Crippen LogP contribution in [0.3, 0.4) is 0 Å². The highest BCUT2D eigenvalue weighted by Gasteiger charge is 2.19. The molecule has 1 amide bonds. The third kappa shape index (κ3) is 4.64. The molecule has 0 bridgehead atoms. The van der Waals surface area contributed by atoms with Gasteiger partial charge < -0.3 is 15.4 Å². The second-order valence-corrected chi connectivity index (χ2v) is 6.36. The Hall–Kier alpha value is -2.22. The maximum Gasteiger partial charge on any atom is 0.404 e. The first-order chi connectivity index (χ1) is 11.4. The van der Waals surface area contributed by atoms with Gasteiger partial charge in [0, 0.05) is 6.42 Å². The average molecular weight is 395 g/mol. The number of nitrogens with zero attached hydrogens (tertiary/aromatic N) is 3. The number of benzene rings is 1. The van der Waals surface area contributed by atoms with Crippen molar-refractivity contribution < 1.29 is 9.72 Å². The third-order valence-corrected chi connectivity index (χ3v) is 4.22. The Labute approximate surface area is 148 Å². The molecule has 1 unspecified atom stereocenters. The normalized spacial score (nSPS) is 12.0. The lowest BCUT2D eigenvalue weighted by Gasteiger charge is -2.17. The number of hydrogen-bond acceptors (Lipinski definition) is 4. The largest absolute Gasteiger partial charge is 0.404 e. The third-order valence-electron chi connectivity index (χ3n) is 3.66. The highest BCUT2D eigenvalue weighted by Crippen LogP contribution is 2.22. The highest BCUT2D eigenvalue weighted by atomic mass is 79.9. The van der Waals surface area contributed by atoms with E-state index in [1.807, 2.05) is 38.1 Å². The van der Waals surface area contributed by atoms with Crippen molar-refractivity contribution in [2.24, 2.45) is 0 Å². The summed E-state index contributed by atoms with van der Waals surface area (Å²) in [6.07, 6.45) is 2.49. The number of amides is 1. The molecule has 0 spiro atoms. The Morgan fingerprint density at radius 1 is 1.42 bits per heavy atom. The molecule has 0 aliphatic carbocycles. The van der Waals surface area contributed by atoms with Gasteiger partial charge in [0.15, 0.2) is 0 Å². The smallest absolute Gasteiger partial charge is 0.358 e. The molecule has 1 N–H and O–H groups in total. The van der Waals surface area contributed by atoms with Gasteiger partial charge in [0.2, 0.25) is 5.91 Å². The molecule has 8 heteroatoms. The van der Waals surface area contributed by atoms with Gasteiger partial charge in [-0.05, 0) is 39.8 Å². The van der Waals surface area contributed by atoms with Crippen LogP contribution in [0, 0.1) is 17.0 Å². The zero-order valence-corrected chi connectivity index (χ0v) is 15.1. The molecule has 0 aliphatic heterocycles. The number of nitrogens with one attached hydrogen (secondary N) is 1. The summed E-state index contributed by atoms with van der Waals surface area (Å²) in [5.74, 6) is -0.363. The number of aryl methyl sites for hydroxylation is 2. The summed E-state index contributed by atoms with van der Waals surface area (Å²) in [4.78, 5) is 22.3. The van der Waals surface area contributed by atoms with Gasteiger partial charge in [-0.3, -0.25) is 4.79 Å². The van der Waals surface area contributed by atoms with Crippen LogP contribution in [0.1, 0.15) is 36.9 Å². The van der Waals surface area contributed by atoms with E-state index in [0.717, 1.165) is 12.0 Å². The molecule has 0 radical (unpaired) electrons. The number of aromatic nitrogens is 2. The molecule has 128 valence electrons. The van der Waals surface area contributed by atoms with E-state index in [2.05, 4.69) is 26.3 Å². The van der Waals surface area contributed by atoms with Gasteiger partial charge in [-0.2, -0.15) is 4.68 Å². The number of rotatable bonds is 7. The lowest BCUT2D eigenvalue weighted by atomic mass is 10.0. The summed E-state index contributed by atoms with van der Waals surface area (Å²) < 4.78 is 1.70. The van der Waals surface area contributed by atoms with E-state index in [1.54, 1.807) is 0 Å². The van der Waals surface area contributed by atoms with Crippen LogP contribution >= 0.6 is 15.9 Å². The summed E-state index contributed by atoms with van der Waals surface area (Å²) >= 11 is 3.09. The molecule has 1 aromatic heterocycles. The molecule has 0 saturated carbocycles. The summed E-state index contributed by atoms with van der Waals surface area (Å²) in [6, 6.07) is 8.02. The monoisotopic (exact) mass is 394 g/mol. The number of carbonyl (C=O) groups is 1. The van der Waals surface area contributed by atoms with Crippen LogP contribution in [0.15, 0.2) is 34.9 Å². The Kier molecular flexibility index (Phi) is 6.08. The van der Waals surface area contributed by atoms with Gasteiger partial charge in [0.25, 0.3) is 0 Å². The number of nitro groups is 1. The van der Waals surface area contributed by atoms with Gasteiger partial charge in [-0.25, -0.2) is 0 Å². The Balaban J connectivity index is 1.93. The van der Waals surface area contributed by atoms with Crippen LogP contribution in [0.4, 0.5) is 5.82 Å². The fourth-order valence-electron chi connectivity index (χ4n) is 2.33. The van der Waals surface area contributed by atoms with E-state index in [1.165, 1.54) is 16.4 Å². The highest BCUT2D eigenvalue weighted by molar-refractivity contribution is 9.10. The first-order valence-electron chi connectivity index (χ1n) is 7.64. The van der Waals surface area contributed by atoms with Gasteiger partial charge in [0.1, 0.15) is 4.47 Å². The fourth-order valence-corrected chi connectivity index (χ4v) is 2.79. The maximum atomic E-state index is 12.2. The zero-order valence-electron chi connectivity index (χ0n) is 13.5. The molecule has 0 fully saturated rings. The van der Waals surface area contributed by atoms with E-state index in [9.17, 15) is 14.9 Å². The lowest BCUT2D eigenvalue weighted by molar-refractivity contribution is -0.390. The molecule has 0 aliphatic rings. The minimum absolute atomic E-state index is 0.0446. The standard InChI is InChI=1S/C16H19BrN4O3/c1-3-14(12-6-4-11(2)5-7-12)18-15(22)8-9-20-10-13(17)16(19-20)21(23)24/h4-7,10,14H,3,8-9H2,1-2H3,(H,18,22). The quantitative estimate of drug-likeness (QED) is 0.574. The molecule has 2 rings (SSSR count). The van der Waals surface area contributed by atoms with E-state index in [4.69, 9.17) is 0 Å². The SMILES string of the molecule is CCC(NC(=O)CCn1cc(Br)c([N+](=O)[O-])n1)c1ccc(C)cc1. The van der Waals surface area contributed by atoms with Gasteiger partial charge in [0.05, 0.1) is 23.9 Å². The molecule has 1 heterocycles. The summed E-state index contributed by atoms with van der Waals surface area (Å²) in [5.41, 5.74) is 2.24. The Morgan fingerprint density at radius 3 is 2.62 bits per heavy atom. The van der Waals surface area contributed by atoms with Crippen molar-refractivity contribution in [1.29, 1.82) is 0 Å². The van der Waals surface area contributed by atoms with Crippen LogP contribution in [0.5, 0.6) is 0 Å². The minimum Gasteiger partial charge on any atom is -0.358 e. The first-order valence-corrected chi connectivity index (χ1v) is 8.43. The molecule has 7 nitrogen and oxygen atoms in total. The number of carbonyl (C=O) groups excluding carboxylic acids is 1. The zero-order chi connectivity index (χ0) is 17.7. The van der Waals surface area contributed by atoms with E-state index >= 15 is 0 Å². The van der Waals surface area contributed by atoms with Crippen molar-refractivity contribution in [2.75, 3.05) is 0 Å². The second kappa shape index (κ2) is 8.05. The molecule has 0 saturated heterocycles. The van der Waals surface area contributed by atoms with Gasteiger partial charge in [-0.1, -0.05) is 36.8 Å². The minimum atomic E-state index is -0.564. The molecular weight excluding hydrogens is 376 g/mol. The summed E-state index contributed by atoms with van der Waals surface area (Å²) in [6.45, 7) is 4.31. The lowest BCUT2D eigenvalue weighted by Crippen LogP contribution is -2.28. The molecule has 1 atom stereocenters. The molecule has 2 aromatic rings. The Bertz CT molecular complexity index is 727. The van der Waals surface area contributed by atoms with Crippen LogP contribution in [-0.2, 0) is 11.3 Å². The fraction of sp³-hybridized carbons (Fsp3) is 0.375. The topological polar surface area (TPSA) is 90.1 Å². The second-order valence-electron chi connectivity index (χ2n) is 5.51. The summed E-state index contributed by atoms with van der Waals surface area (Å²) in [7, 11) is 0.